The second-order valence-corrected chi connectivity index (χ2v) is 5.41. The number of nitrogens with zero attached hydrogens (tertiary/aromatic N) is 2. The minimum Gasteiger partial charge on any atom is -0.497 e. The van der Waals surface area contributed by atoms with Crippen molar-refractivity contribution in [1.82, 2.24) is 9.13 Å². The molecule has 0 bridgehead atoms. The first-order valence-electron chi connectivity index (χ1n) is 7.20. The van der Waals surface area contributed by atoms with Crippen molar-refractivity contribution >= 4 is 11.6 Å². The highest BCUT2D eigenvalue weighted by molar-refractivity contribution is 6.29. The zero-order valence-corrected chi connectivity index (χ0v) is 13.5. The van der Waals surface area contributed by atoms with Gasteiger partial charge in [-0.15, -0.1) is 0 Å². The number of hydrogen-bond donors (Lipinski definition) is 0. The van der Waals surface area contributed by atoms with Crippen LogP contribution in [0.4, 0.5) is 0 Å². The van der Waals surface area contributed by atoms with Gasteiger partial charge in [0.15, 0.2) is 0 Å². The number of benzene rings is 1. The zero-order chi connectivity index (χ0) is 16.1. The molecular formula is C16H19ClN2O3. The normalized spacial score (nSPS) is 10.7. The third-order valence-electron chi connectivity index (χ3n) is 3.46. The largest absolute Gasteiger partial charge is 0.497 e. The number of rotatable bonds is 6. The molecule has 0 aliphatic rings. The predicted octanol–water partition coefficient (Wildman–Crippen LogP) is 2.52. The molecule has 0 aliphatic carbocycles. The van der Waals surface area contributed by atoms with Gasteiger partial charge in [0, 0.05) is 12.6 Å². The van der Waals surface area contributed by atoms with Gasteiger partial charge in [-0.3, -0.25) is 13.9 Å². The van der Waals surface area contributed by atoms with Crippen LogP contribution in [0.3, 0.4) is 0 Å². The fourth-order valence-electron chi connectivity index (χ4n) is 2.17. The molecule has 0 fully saturated rings. The maximum atomic E-state index is 12.5. The first-order valence-corrected chi connectivity index (χ1v) is 7.57. The van der Waals surface area contributed by atoms with Crippen molar-refractivity contribution in [2.75, 3.05) is 7.11 Å². The molecule has 5 nitrogen and oxygen atoms in total. The summed E-state index contributed by atoms with van der Waals surface area (Å²) in [6.45, 7) is 2.73. The lowest BCUT2D eigenvalue weighted by Gasteiger charge is -2.12. The van der Waals surface area contributed by atoms with E-state index in [1.165, 1.54) is 15.2 Å². The molecular weight excluding hydrogens is 304 g/mol. The molecule has 0 N–H and O–H groups in total. The fourth-order valence-corrected chi connectivity index (χ4v) is 2.39. The van der Waals surface area contributed by atoms with Gasteiger partial charge >= 0.3 is 5.69 Å². The van der Waals surface area contributed by atoms with E-state index in [9.17, 15) is 9.59 Å². The maximum absolute atomic E-state index is 12.5. The van der Waals surface area contributed by atoms with Gasteiger partial charge in [0.25, 0.3) is 5.56 Å². The SMILES string of the molecule is CCCCn1c(=O)cc(Cl)n(Cc2ccc(OC)cc2)c1=O. The number of hydrogen-bond acceptors (Lipinski definition) is 3. The second-order valence-electron chi connectivity index (χ2n) is 5.03. The molecule has 0 saturated carbocycles. The van der Waals surface area contributed by atoms with Crippen molar-refractivity contribution in [3.8, 4) is 5.75 Å². The summed E-state index contributed by atoms with van der Waals surface area (Å²) in [6.07, 6.45) is 1.69. The highest BCUT2D eigenvalue weighted by Crippen LogP contribution is 2.13. The van der Waals surface area contributed by atoms with Crippen molar-refractivity contribution in [2.45, 2.75) is 32.9 Å². The minimum atomic E-state index is -0.373. The van der Waals surface area contributed by atoms with Crippen LogP contribution in [0.5, 0.6) is 5.75 Å². The van der Waals surface area contributed by atoms with Gasteiger partial charge in [0.1, 0.15) is 10.9 Å². The van der Waals surface area contributed by atoms with E-state index in [-0.39, 0.29) is 16.4 Å². The highest BCUT2D eigenvalue weighted by atomic mass is 35.5. The third-order valence-corrected chi connectivity index (χ3v) is 3.78. The molecule has 1 aromatic carbocycles. The molecule has 0 spiro atoms. The van der Waals surface area contributed by atoms with E-state index in [0.717, 1.165) is 24.2 Å². The summed E-state index contributed by atoms with van der Waals surface area (Å²) in [5, 5.41) is 0.151. The summed E-state index contributed by atoms with van der Waals surface area (Å²) in [5.74, 6) is 0.745. The van der Waals surface area contributed by atoms with E-state index in [2.05, 4.69) is 0 Å². The van der Waals surface area contributed by atoms with Gasteiger partial charge in [0.2, 0.25) is 0 Å². The van der Waals surface area contributed by atoms with Crippen molar-refractivity contribution < 1.29 is 4.74 Å². The van der Waals surface area contributed by atoms with E-state index >= 15 is 0 Å². The topological polar surface area (TPSA) is 53.2 Å². The smallest absolute Gasteiger partial charge is 0.332 e. The standard InChI is InChI=1S/C16H19ClN2O3/c1-3-4-9-18-15(20)10-14(17)19(16(18)21)11-12-5-7-13(22-2)8-6-12/h5-8,10H,3-4,9,11H2,1-2H3. The lowest BCUT2D eigenvalue weighted by atomic mass is 10.2. The highest BCUT2D eigenvalue weighted by Gasteiger charge is 2.10. The van der Waals surface area contributed by atoms with Crippen molar-refractivity contribution in [1.29, 1.82) is 0 Å². The molecule has 118 valence electrons. The van der Waals surface area contributed by atoms with Crippen LogP contribution < -0.4 is 16.0 Å². The van der Waals surface area contributed by atoms with E-state index in [1.807, 2.05) is 31.2 Å². The van der Waals surface area contributed by atoms with Crippen molar-refractivity contribution in [2.24, 2.45) is 0 Å². The van der Waals surface area contributed by atoms with Gasteiger partial charge in [-0.25, -0.2) is 4.79 Å². The molecule has 1 heterocycles. The lowest BCUT2D eigenvalue weighted by molar-refractivity contribution is 0.414. The number of halogens is 1. The third kappa shape index (κ3) is 3.60. The van der Waals surface area contributed by atoms with E-state index < -0.39 is 0 Å². The summed E-state index contributed by atoms with van der Waals surface area (Å²) in [5.41, 5.74) is 0.182. The van der Waals surface area contributed by atoms with E-state index in [4.69, 9.17) is 16.3 Å². The average molecular weight is 323 g/mol. The Morgan fingerprint density at radius 3 is 2.41 bits per heavy atom. The summed E-state index contributed by atoms with van der Waals surface area (Å²) >= 11 is 6.07. The summed E-state index contributed by atoms with van der Waals surface area (Å²) in [7, 11) is 1.60. The predicted molar refractivity (Wildman–Crippen MR) is 87.0 cm³/mol. The molecule has 2 rings (SSSR count). The molecule has 0 saturated heterocycles. The monoisotopic (exact) mass is 322 g/mol. The van der Waals surface area contributed by atoms with Crippen LogP contribution in [0.1, 0.15) is 25.3 Å². The quantitative estimate of drug-likeness (QED) is 0.768. The van der Waals surface area contributed by atoms with Crippen LogP contribution in [0.15, 0.2) is 39.9 Å². The maximum Gasteiger partial charge on any atom is 0.332 e. The molecule has 22 heavy (non-hydrogen) atoms. The van der Waals surface area contributed by atoms with Crippen LogP contribution in [0.2, 0.25) is 5.15 Å². The average Bonchev–Trinajstić information content (AvgIpc) is 2.52. The number of aromatic nitrogens is 2. The Balaban J connectivity index is 2.37. The van der Waals surface area contributed by atoms with Gasteiger partial charge in [-0.05, 0) is 24.1 Å². The first-order chi connectivity index (χ1) is 10.6. The molecule has 0 amide bonds. The number of unbranched alkanes of at least 4 members (excludes halogenated alkanes) is 1. The molecule has 1 aromatic heterocycles. The summed E-state index contributed by atoms with van der Waals surface area (Å²) < 4.78 is 7.74. The van der Waals surface area contributed by atoms with E-state index in [1.54, 1.807) is 7.11 Å². The van der Waals surface area contributed by atoms with Gasteiger partial charge < -0.3 is 4.74 Å². The molecule has 0 atom stereocenters. The summed E-state index contributed by atoms with van der Waals surface area (Å²) in [6, 6.07) is 8.66. The van der Waals surface area contributed by atoms with Crippen LogP contribution in [-0.2, 0) is 13.1 Å². The number of ether oxygens (including phenoxy) is 1. The Bertz CT molecular complexity index is 747. The Hall–Kier alpha value is -2.01. The van der Waals surface area contributed by atoms with Crippen LogP contribution in [0, 0.1) is 0 Å². The Labute approximate surface area is 133 Å². The van der Waals surface area contributed by atoms with Gasteiger partial charge in [-0.2, -0.15) is 0 Å². The molecule has 0 aliphatic heterocycles. The molecule has 2 aromatic rings. The Morgan fingerprint density at radius 1 is 1.14 bits per heavy atom. The van der Waals surface area contributed by atoms with E-state index in [0.29, 0.717) is 13.1 Å². The minimum absolute atomic E-state index is 0.151. The first kappa shape index (κ1) is 16.4. The Kier molecular flexibility index (Phi) is 5.44. The van der Waals surface area contributed by atoms with Crippen LogP contribution >= 0.6 is 11.6 Å². The van der Waals surface area contributed by atoms with Gasteiger partial charge in [-0.1, -0.05) is 37.1 Å². The van der Waals surface area contributed by atoms with Crippen molar-refractivity contribution in [3.63, 3.8) is 0 Å². The molecule has 6 heteroatoms. The Morgan fingerprint density at radius 2 is 1.82 bits per heavy atom. The zero-order valence-electron chi connectivity index (χ0n) is 12.7. The number of methoxy groups -OCH3 is 1. The van der Waals surface area contributed by atoms with Crippen LogP contribution in [-0.4, -0.2) is 16.2 Å². The second kappa shape index (κ2) is 7.31. The molecule has 0 unspecified atom stereocenters. The van der Waals surface area contributed by atoms with Gasteiger partial charge in [0.05, 0.1) is 13.7 Å². The van der Waals surface area contributed by atoms with Crippen LogP contribution in [0.25, 0.3) is 0 Å². The lowest BCUT2D eigenvalue weighted by Crippen LogP contribution is -2.39. The molecule has 0 radical (unpaired) electrons. The summed E-state index contributed by atoms with van der Waals surface area (Å²) in [4.78, 5) is 24.4. The fraction of sp³-hybridized carbons (Fsp3) is 0.375. The van der Waals surface area contributed by atoms with Crippen molar-refractivity contribution in [3.05, 3.63) is 61.9 Å².